The molecule has 1 saturated heterocycles. The highest BCUT2D eigenvalue weighted by molar-refractivity contribution is 8.00. The molecule has 1 rings (SSSR count). The van der Waals surface area contributed by atoms with Crippen molar-refractivity contribution in [1.82, 2.24) is 10.2 Å². The van der Waals surface area contributed by atoms with Crippen LogP contribution in [0.25, 0.3) is 0 Å². The Kier molecular flexibility index (Phi) is 7.56. The summed E-state index contributed by atoms with van der Waals surface area (Å²) in [5.74, 6) is -0.741. The molecule has 1 fully saturated rings. The highest BCUT2D eigenvalue weighted by Crippen LogP contribution is 2.18. The lowest BCUT2D eigenvalue weighted by molar-refractivity contribution is -0.141. The number of carboxylic acids is 1. The number of piperidine rings is 1. The third-order valence-corrected chi connectivity index (χ3v) is 4.64. The number of carboxylic acid groups (broad SMARTS) is 1. The van der Waals surface area contributed by atoms with Crippen molar-refractivity contribution in [2.75, 3.05) is 18.8 Å². The van der Waals surface area contributed by atoms with Crippen LogP contribution < -0.4 is 5.32 Å². The van der Waals surface area contributed by atoms with Gasteiger partial charge in [0.1, 0.15) is 6.04 Å². The van der Waals surface area contributed by atoms with E-state index in [4.69, 9.17) is 5.11 Å². The van der Waals surface area contributed by atoms with Gasteiger partial charge in [-0.1, -0.05) is 0 Å². The van der Waals surface area contributed by atoms with Crippen LogP contribution in [0, 0.1) is 0 Å². The normalized spacial score (nSPS) is 17.9. The molecule has 2 unspecified atom stereocenters. The molecule has 0 aliphatic carbocycles. The van der Waals surface area contributed by atoms with Crippen molar-refractivity contribution < 1.29 is 19.5 Å². The Labute approximate surface area is 129 Å². The first-order valence-electron chi connectivity index (χ1n) is 7.32. The van der Waals surface area contributed by atoms with Crippen LogP contribution in [0.1, 0.15) is 39.5 Å². The summed E-state index contributed by atoms with van der Waals surface area (Å²) in [5, 5.41) is 11.2. The molecular weight excluding hydrogens is 292 g/mol. The fraction of sp³-hybridized carbons (Fsp3) is 0.786. The second-order valence-electron chi connectivity index (χ2n) is 5.28. The molecule has 0 radical (unpaired) electrons. The molecule has 0 saturated carbocycles. The van der Waals surface area contributed by atoms with Gasteiger partial charge in [0.2, 0.25) is 11.8 Å². The van der Waals surface area contributed by atoms with Gasteiger partial charge in [-0.2, -0.15) is 0 Å². The zero-order valence-electron chi connectivity index (χ0n) is 12.6. The monoisotopic (exact) mass is 316 g/mol. The molecule has 1 heterocycles. The highest BCUT2D eigenvalue weighted by atomic mass is 32.2. The van der Waals surface area contributed by atoms with E-state index >= 15 is 0 Å². The summed E-state index contributed by atoms with van der Waals surface area (Å²) in [6.45, 7) is 4.81. The van der Waals surface area contributed by atoms with Crippen LogP contribution in [0.15, 0.2) is 0 Å². The summed E-state index contributed by atoms with van der Waals surface area (Å²) in [6, 6.07) is -0.882. The Morgan fingerprint density at radius 1 is 1.24 bits per heavy atom. The smallest absolute Gasteiger partial charge is 0.326 e. The van der Waals surface area contributed by atoms with Gasteiger partial charge < -0.3 is 15.3 Å². The van der Waals surface area contributed by atoms with Gasteiger partial charge >= 0.3 is 5.97 Å². The van der Waals surface area contributed by atoms with Crippen molar-refractivity contribution in [3.8, 4) is 0 Å². The number of hydrogen-bond acceptors (Lipinski definition) is 4. The summed E-state index contributed by atoms with van der Waals surface area (Å²) >= 11 is 1.45. The number of rotatable bonds is 7. The average molecular weight is 316 g/mol. The largest absolute Gasteiger partial charge is 0.480 e. The molecule has 0 aromatic rings. The molecule has 0 aromatic heterocycles. The second-order valence-corrected chi connectivity index (χ2v) is 6.73. The Balaban J connectivity index is 2.33. The third-order valence-electron chi connectivity index (χ3n) is 3.47. The summed E-state index contributed by atoms with van der Waals surface area (Å²) in [4.78, 5) is 36.0. The summed E-state index contributed by atoms with van der Waals surface area (Å²) in [7, 11) is 0. The predicted octanol–water partition coefficient (Wildman–Crippen LogP) is 1.10. The zero-order chi connectivity index (χ0) is 15.8. The number of amides is 2. The first-order chi connectivity index (χ1) is 9.91. The van der Waals surface area contributed by atoms with E-state index in [0.29, 0.717) is 12.2 Å². The van der Waals surface area contributed by atoms with Crippen molar-refractivity contribution in [1.29, 1.82) is 0 Å². The van der Waals surface area contributed by atoms with Crippen molar-refractivity contribution in [3.63, 3.8) is 0 Å². The minimum Gasteiger partial charge on any atom is -0.480 e. The van der Waals surface area contributed by atoms with Crippen LogP contribution in [-0.2, 0) is 14.4 Å². The number of thioether (sulfide) groups is 1. The van der Waals surface area contributed by atoms with Crippen LogP contribution in [-0.4, -0.2) is 57.9 Å². The van der Waals surface area contributed by atoms with E-state index in [1.807, 2.05) is 11.8 Å². The van der Waals surface area contributed by atoms with Crippen molar-refractivity contribution in [3.05, 3.63) is 0 Å². The summed E-state index contributed by atoms with van der Waals surface area (Å²) < 4.78 is 0. The molecule has 2 amide bonds. The Morgan fingerprint density at radius 2 is 1.86 bits per heavy atom. The van der Waals surface area contributed by atoms with Gasteiger partial charge in [-0.05, 0) is 38.4 Å². The van der Waals surface area contributed by atoms with Crippen molar-refractivity contribution in [2.45, 2.75) is 50.8 Å². The molecule has 21 heavy (non-hydrogen) atoms. The SMILES string of the molecule is CC(=O)NC(CCSC(C)C(=O)N1CCCCC1)C(=O)O. The molecule has 0 bridgehead atoms. The molecule has 1 aliphatic rings. The molecule has 120 valence electrons. The lowest BCUT2D eigenvalue weighted by atomic mass is 10.1. The van der Waals surface area contributed by atoms with E-state index < -0.39 is 12.0 Å². The molecule has 6 nitrogen and oxygen atoms in total. The molecule has 2 N–H and O–H groups in total. The van der Waals surface area contributed by atoms with E-state index in [2.05, 4.69) is 5.32 Å². The average Bonchev–Trinajstić information content (AvgIpc) is 2.45. The van der Waals surface area contributed by atoms with Crippen LogP contribution in [0.2, 0.25) is 0 Å². The van der Waals surface area contributed by atoms with Crippen molar-refractivity contribution in [2.24, 2.45) is 0 Å². The lowest BCUT2D eigenvalue weighted by Gasteiger charge is -2.29. The summed E-state index contributed by atoms with van der Waals surface area (Å²) in [5.41, 5.74) is 0. The van der Waals surface area contributed by atoms with E-state index in [0.717, 1.165) is 25.9 Å². The number of carbonyl (C=O) groups is 3. The van der Waals surface area contributed by atoms with Gasteiger partial charge in [-0.15, -0.1) is 11.8 Å². The van der Waals surface area contributed by atoms with Gasteiger partial charge in [-0.3, -0.25) is 9.59 Å². The van der Waals surface area contributed by atoms with Gasteiger partial charge in [0.15, 0.2) is 0 Å². The Bertz CT molecular complexity index is 383. The number of nitrogens with zero attached hydrogens (tertiary/aromatic N) is 1. The van der Waals surface area contributed by atoms with Gasteiger partial charge in [0.05, 0.1) is 5.25 Å². The molecule has 7 heteroatoms. The number of aliphatic carboxylic acids is 1. The third kappa shape index (κ3) is 6.37. The standard InChI is InChI=1S/C14H24N2O4S/c1-10(13(18)16-7-4-3-5-8-16)21-9-6-12(14(19)20)15-11(2)17/h10,12H,3-9H2,1-2H3,(H,15,17)(H,19,20). The topological polar surface area (TPSA) is 86.7 Å². The lowest BCUT2D eigenvalue weighted by Crippen LogP contribution is -2.41. The fourth-order valence-corrected chi connectivity index (χ4v) is 3.33. The Hall–Kier alpha value is -1.24. The van der Waals surface area contributed by atoms with Crippen LogP contribution in [0.5, 0.6) is 0 Å². The maximum absolute atomic E-state index is 12.2. The predicted molar refractivity (Wildman–Crippen MR) is 82.2 cm³/mol. The quantitative estimate of drug-likeness (QED) is 0.734. The summed E-state index contributed by atoms with van der Waals surface area (Å²) in [6.07, 6.45) is 3.62. The minimum atomic E-state index is -1.04. The molecule has 0 spiro atoms. The zero-order valence-corrected chi connectivity index (χ0v) is 13.4. The van der Waals surface area contributed by atoms with E-state index in [1.54, 1.807) is 0 Å². The van der Waals surface area contributed by atoms with E-state index in [9.17, 15) is 14.4 Å². The van der Waals surface area contributed by atoms with E-state index in [1.165, 1.54) is 25.1 Å². The molecule has 2 atom stereocenters. The van der Waals surface area contributed by atoms with Crippen LogP contribution in [0.3, 0.4) is 0 Å². The molecular formula is C14H24N2O4S. The molecule has 1 aliphatic heterocycles. The first-order valence-corrected chi connectivity index (χ1v) is 8.37. The second kappa shape index (κ2) is 8.92. The van der Waals surface area contributed by atoms with E-state index in [-0.39, 0.29) is 17.1 Å². The number of nitrogens with one attached hydrogen (secondary N) is 1. The van der Waals surface area contributed by atoms with Gasteiger partial charge in [0, 0.05) is 20.0 Å². The maximum Gasteiger partial charge on any atom is 0.326 e. The highest BCUT2D eigenvalue weighted by Gasteiger charge is 2.23. The molecule has 0 aromatic carbocycles. The number of likely N-dealkylation sites (tertiary alicyclic amines) is 1. The van der Waals surface area contributed by atoms with Gasteiger partial charge in [0.25, 0.3) is 0 Å². The maximum atomic E-state index is 12.2. The van der Waals surface area contributed by atoms with Crippen LogP contribution in [0.4, 0.5) is 0 Å². The Morgan fingerprint density at radius 3 is 2.38 bits per heavy atom. The number of hydrogen-bond donors (Lipinski definition) is 2. The first kappa shape index (κ1) is 17.8. The minimum absolute atomic E-state index is 0.131. The van der Waals surface area contributed by atoms with Crippen LogP contribution >= 0.6 is 11.8 Å². The van der Waals surface area contributed by atoms with Crippen molar-refractivity contribution >= 4 is 29.5 Å². The fourth-order valence-electron chi connectivity index (χ4n) is 2.31. The number of carbonyl (C=O) groups excluding carboxylic acids is 2. The van der Waals surface area contributed by atoms with Gasteiger partial charge in [-0.25, -0.2) is 4.79 Å².